The molecule has 1 atom stereocenters. The summed E-state index contributed by atoms with van der Waals surface area (Å²) >= 11 is 0. The van der Waals surface area contributed by atoms with Crippen LogP contribution in [0.5, 0.6) is 0 Å². The highest BCUT2D eigenvalue weighted by Gasteiger charge is 2.39. The number of anilines is 1. The van der Waals surface area contributed by atoms with E-state index < -0.39 is 70.0 Å². The van der Waals surface area contributed by atoms with E-state index in [-0.39, 0.29) is 84.7 Å². The minimum absolute atomic E-state index is 0.0285. The van der Waals surface area contributed by atoms with Crippen LogP contribution in [0.2, 0.25) is 0 Å². The smallest absolute Gasteiger partial charge is 0.276 e. The Morgan fingerprint density at radius 3 is 2.44 bits per heavy atom. The third-order valence-corrected chi connectivity index (χ3v) is 11.1. The Balaban J connectivity index is 1.47. The second kappa shape index (κ2) is 13.0. The Morgan fingerprint density at radius 1 is 1.00 bits per heavy atom. The van der Waals surface area contributed by atoms with Gasteiger partial charge in [-0.25, -0.2) is 31.6 Å². The normalized spacial score (nSPS) is 29.8. The van der Waals surface area contributed by atoms with Gasteiger partial charge in [0.2, 0.25) is 0 Å². The maximum Gasteiger partial charge on any atom is 0.276 e. The average Bonchev–Trinajstić information content (AvgIpc) is 3.03. The van der Waals surface area contributed by atoms with Crippen LogP contribution in [0.15, 0.2) is 35.4 Å². The Bertz CT molecular complexity index is 1870. The molecule has 1 aromatic carbocycles. The van der Waals surface area contributed by atoms with E-state index >= 15 is 13.2 Å². The van der Waals surface area contributed by atoms with Gasteiger partial charge in [-0.3, -0.25) is 9.36 Å². The van der Waals surface area contributed by atoms with Crippen molar-refractivity contribution in [1.82, 2.24) is 19.4 Å². The summed E-state index contributed by atoms with van der Waals surface area (Å²) in [6, 6.07) is 4.54. The van der Waals surface area contributed by atoms with Crippen LogP contribution in [0.25, 0.3) is 11.0 Å². The number of halogens is 3. The average molecular weight is 650 g/mol. The third-order valence-electron chi connectivity index (χ3n) is 9.43. The molecule has 0 spiro atoms. The summed E-state index contributed by atoms with van der Waals surface area (Å²) in [6.45, 7) is -1.87. The second-order valence-electron chi connectivity index (χ2n) is 12.6. The molecule has 7 rings (SSSR count). The Kier molecular flexibility index (Phi) is 7.86. The topological polar surface area (TPSA) is 97.2 Å². The fraction of sp³-hybridized carbons (Fsp3) is 0.606. The molecule has 0 amide bonds. The fourth-order valence-electron chi connectivity index (χ4n) is 6.79. The third kappa shape index (κ3) is 6.91. The Morgan fingerprint density at radius 2 is 1.71 bits per heavy atom. The highest BCUT2D eigenvalue weighted by atomic mass is 32.2. The molecule has 2 aromatic heterocycles. The first-order valence-electron chi connectivity index (χ1n) is 17.8. The molecule has 8 bridgehead atoms. The van der Waals surface area contributed by atoms with Gasteiger partial charge in [-0.15, -0.1) is 0 Å². The maximum atomic E-state index is 16.0. The van der Waals surface area contributed by atoms with Crippen molar-refractivity contribution in [3.63, 3.8) is 0 Å². The molecular formula is C33H42F3N5O3S. The lowest BCUT2D eigenvalue weighted by Gasteiger charge is -2.34. The molecule has 8 nitrogen and oxygen atoms in total. The van der Waals surface area contributed by atoms with Crippen molar-refractivity contribution >= 4 is 26.7 Å². The van der Waals surface area contributed by atoms with Gasteiger partial charge in [-0.05, 0) is 82.9 Å². The summed E-state index contributed by atoms with van der Waals surface area (Å²) in [5.74, 6) is -5.51. The molecule has 2 fully saturated rings. The number of sulfone groups is 1. The molecule has 12 heteroatoms. The summed E-state index contributed by atoms with van der Waals surface area (Å²) in [5.41, 5.74) is -1.21. The van der Waals surface area contributed by atoms with Gasteiger partial charge in [0.1, 0.15) is 33.4 Å². The van der Waals surface area contributed by atoms with Gasteiger partial charge in [0.25, 0.3) is 11.5 Å². The number of benzene rings is 1. The number of hydrogen-bond donors (Lipinski definition) is 1. The number of aromatic nitrogens is 3. The van der Waals surface area contributed by atoms with E-state index in [1.54, 1.807) is 11.8 Å². The van der Waals surface area contributed by atoms with E-state index in [1.807, 2.05) is 0 Å². The van der Waals surface area contributed by atoms with Gasteiger partial charge in [0.05, 0.1) is 28.5 Å². The number of alkyl halides is 2. The van der Waals surface area contributed by atoms with Crippen LogP contribution in [0.3, 0.4) is 0 Å². The predicted octanol–water partition coefficient (Wildman–Crippen LogP) is 6.16. The van der Waals surface area contributed by atoms with Gasteiger partial charge in [0, 0.05) is 29.5 Å². The fourth-order valence-corrected chi connectivity index (χ4v) is 8.28. The summed E-state index contributed by atoms with van der Waals surface area (Å²) in [7, 11) is -3.27. The van der Waals surface area contributed by atoms with Crippen molar-refractivity contribution in [3.8, 4) is 0 Å². The lowest BCUT2D eigenvalue weighted by atomic mass is 9.87. The van der Waals surface area contributed by atoms with E-state index in [2.05, 4.69) is 15.3 Å². The van der Waals surface area contributed by atoms with Crippen LogP contribution < -0.4 is 10.9 Å². The first-order valence-corrected chi connectivity index (χ1v) is 17.6. The molecule has 4 aliphatic rings. The number of pyridine rings is 1. The molecule has 244 valence electrons. The molecule has 0 radical (unpaired) electrons. The standard InChI is InChI=1S/C33H42F3N5O3S/c1-22-25-7-6-8-28(29(25)34)33(35,36)20-23-9-15-40(16-10-23)13-4-2-3-5-14-41-31-27(30(39-22)37-21-38-31)19-26(32(41)42)24-11-17-45(43,44)18-12-24/h6-8,19,21-24H,2-5,9-18,20H2,1H3,(H,37,38,39)/t22-/m1/s1/i13D2,14D2. The highest BCUT2D eigenvalue weighted by molar-refractivity contribution is 7.91. The monoisotopic (exact) mass is 649 g/mol. The zero-order chi connectivity index (χ0) is 35.4. The van der Waals surface area contributed by atoms with Crippen LogP contribution in [0.4, 0.5) is 19.0 Å². The molecular weight excluding hydrogens is 603 g/mol. The minimum Gasteiger partial charge on any atom is -0.363 e. The van der Waals surface area contributed by atoms with E-state index in [1.165, 1.54) is 18.2 Å². The molecule has 6 heterocycles. The van der Waals surface area contributed by atoms with Crippen molar-refractivity contribution in [3.05, 3.63) is 63.5 Å². The van der Waals surface area contributed by atoms with Gasteiger partial charge < -0.3 is 10.2 Å². The first-order chi connectivity index (χ1) is 23.0. The SMILES string of the molecule is [2H]C1([2H])CCCCC([2H])([2H])n2c(=O)c(C3CCS(=O)(=O)CC3)cc3c(ncnc32)N[C@H](C)c2cccc(c2F)C(F)(F)CC2CCN1CC2. The molecule has 0 saturated carbocycles. The lowest BCUT2D eigenvalue weighted by molar-refractivity contribution is -0.0401. The van der Waals surface area contributed by atoms with Crippen LogP contribution in [-0.4, -0.2) is 58.9 Å². The molecule has 0 unspecified atom stereocenters. The zero-order valence-electron chi connectivity index (χ0n) is 29.4. The minimum atomic E-state index is -3.46. The molecule has 1 N–H and O–H groups in total. The van der Waals surface area contributed by atoms with Crippen molar-refractivity contribution in [1.29, 1.82) is 0 Å². The predicted molar refractivity (Wildman–Crippen MR) is 169 cm³/mol. The van der Waals surface area contributed by atoms with Crippen molar-refractivity contribution in [2.24, 2.45) is 5.92 Å². The number of rotatable bonds is 1. The van der Waals surface area contributed by atoms with Crippen LogP contribution >= 0.6 is 0 Å². The van der Waals surface area contributed by atoms with Crippen molar-refractivity contribution in [2.75, 3.05) is 36.4 Å². The lowest BCUT2D eigenvalue weighted by Crippen LogP contribution is -2.36. The molecule has 2 saturated heterocycles. The quantitative estimate of drug-likeness (QED) is 0.337. The van der Waals surface area contributed by atoms with Crippen LogP contribution in [0, 0.1) is 11.7 Å². The number of hydrogen-bond acceptors (Lipinski definition) is 7. The zero-order valence-corrected chi connectivity index (χ0v) is 26.2. The molecule has 0 aliphatic carbocycles. The van der Waals surface area contributed by atoms with Gasteiger partial charge in [0.15, 0.2) is 0 Å². The first kappa shape index (κ1) is 27.2. The number of nitrogens with one attached hydrogen (secondary N) is 1. The van der Waals surface area contributed by atoms with Gasteiger partial charge >= 0.3 is 0 Å². The van der Waals surface area contributed by atoms with Crippen molar-refractivity contribution in [2.45, 2.75) is 89.1 Å². The summed E-state index contributed by atoms with van der Waals surface area (Å²) in [6.07, 6.45) is 2.14. The van der Waals surface area contributed by atoms with E-state index in [4.69, 9.17) is 5.48 Å². The number of aryl methyl sites for hydroxylation is 1. The van der Waals surface area contributed by atoms with E-state index in [9.17, 15) is 13.2 Å². The summed E-state index contributed by atoms with van der Waals surface area (Å²) < 4.78 is 108. The largest absolute Gasteiger partial charge is 0.363 e. The summed E-state index contributed by atoms with van der Waals surface area (Å²) in [5, 5.41) is 3.34. The maximum absolute atomic E-state index is 16.0. The van der Waals surface area contributed by atoms with E-state index in [0.717, 1.165) is 17.0 Å². The Hall–Kier alpha value is -2.99. The number of piperidine rings is 1. The van der Waals surface area contributed by atoms with Gasteiger partial charge in [-0.2, -0.15) is 0 Å². The molecule has 3 aromatic rings. The second-order valence-corrected chi connectivity index (χ2v) is 14.9. The Labute approximate surface area is 268 Å². The molecule has 45 heavy (non-hydrogen) atoms. The number of nitrogens with zero attached hydrogens (tertiary/aromatic N) is 4. The summed E-state index contributed by atoms with van der Waals surface area (Å²) in [4.78, 5) is 24.4. The van der Waals surface area contributed by atoms with Crippen LogP contribution in [-0.2, 0) is 22.3 Å². The number of fused-ring (bicyclic) bond motifs is 9. The van der Waals surface area contributed by atoms with Crippen molar-refractivity contribution < 1.29 is 27.1 Å². The van der Waals surface area contributed by atoms with Crippen LogP contribution in [0.1, 0.15) is 98.8 Å². The van der Waals surface area contributed by atoms with E-state index in [0.29, 0.717) is 19.3 Å². The van der Waals surface area contributed by atoms with Gasteiger partial charge in [-0.1, -0.05) is 31.0 Å². The molecule has 4 aliphatic heterocycles. The highest BCUT2D eigenvalue weighted by Crippen LogP contribution is 2.41.